The first-order chi connectivity index (χ1) is 5.86. The van der Waals surface area contributed by atoms with Crippen LogP contribution in [-0.4, -0.2) is 48.6 Å². The monoisotopic (exact) mass is 186 g/mol. The minimum atomic E-state index is 0.810. The highest BCUT2D eigenvalue weighted by Crippen LogP contribution is 2.18. The van der Waals surface area contributed by atoms with Crippen molar-refractivity contribution in [3.05, 3.63) is 0 Å². The maximum absolute atomic E-state index is 3.33. The Morgan fingerprint density at radius 3 is 2.92 bits per heavy atom. The molecule has 0 aliphatic carbocycles. The first-order valence-electron chi connectivity index (χ1n) is 4.89. The van der Waals surface area contributed by atoms with E-state index in [1.54, 1.807) is 0 Å². The summed E-state index contributed by atoms with van der Waals surface area (Å²) in [4.78, 5) is 2.65. The smallest absolute Gasteiger partial charge is 0.0158 e. The molecule has 70 valence electrons. The summed E-state index contributed by atoms with van der Waals surface area (Å²) in [6, 6.07) is 0.810. The lowest BCUT2D eigenvalue weighted by atomic mass is 10.0. The molecule has 2 aliphatic heterocycles. The van der Waals surface area contributed by atoms with E-state index >= 15 is 0 Å². The van der Waals surface area contributed by atoms with Gasteiger partial charge in [-0.25, -0.2) is 0 Å². The predicted molar refractivity (Wildman–Crippen MR) is 54.7 cm³/mol. The predicted octanol–water partition coefficient (Wildman–Crippen LogP) is 0.643. The van der Waals surface area contributed by atoms with E-state index < -0.39 is 0 Å². The largest absolute Gasteiger partial charge is 0.316 e. The van der Waals surface area contributed by atoms with Crippen molar-refractivity contribution in [2.75, 3.05) is 37.7 Å². The minimum absolute atomic E-state index is 0.810. The van der Waals surface area contributed by atoms with Crippen LogP contribution in [0, 0.1) is 5.92 Å². The van der Waals surface area contributed by atoms with E-state index in [4.69, 9.17) is 0 Å². The summed E-state index contributed by atoms with van der Waals surface area (Å²) in [6.07, 6.45) is 0. The molecule has 0 aromatic heterocycles. The van der Waals surface area contributed by atoms with Crippen molar-refractivity contribution in [3.63, 3.8) is 0 Å². The van der Waals surface area contributed by atoms with Crippen molar-refractivity contribution in [2.24, 2.45) is 5.92 Å². The Bertz CT molecular complexity index is 147. The van der Waals surface area contributed by atoms with Gasteiger partial charge in [-0.2, -0.15) is 11.8 Å². The van der Waals surface area contributed by atoms with E-state index in [1.165, 1.54) is 37.7 Å². The third kappa shape index (κ3) is 1.95. The van der Waals surface area contributed by atoms with Gasteiger partial charge in [-0.15, -0.1) is 0 Å². The van der Waals surface area contributed by atoms with Crippen LogP contribution >= 0.6 is 11.8 Å². The average Bonchev–Trinajstić information content (AvgIpc) is 2.00. The molecule has 0 aromatic rings. The Kier molecular flexibility index (Phi) is 2.94. The van der Waals surface area contributed by atoms with Gasteiger partial charge in [0, 0.05) is 43.7 Å². The Morgan fingerprint density at radius 2 is 2.33 bits per heavy atom. The summed E-state index contributed by atoms with van der Waals surface area (Å²) in [6.45, 7) is 7.49. The van der Waals surface area contributed by atoms with Crippen LogP contribution in [0.4, 0.5) is 0 Å². The van der Waals surface area contributed by atoms with E-state index in [-0.39, 0.29) is 0 Å². The van der Waals surface area contributed by atoms with Crippen molar-refractivity contribution in [1.82, 2.24) is 10.2 Å². The Hall–Kier alpha value is 0.270. The molecule has 2 fully saturated rings. The van der Waals surface area contributed by atoms with E-state index in [2.05, 4.69) is 28.9 Å². The molecular formula is C9H18N2S. The average molecular weight is 186 g/mol. The van der Waals surface area contributed by atoms with E-state index in [0.29, 0.717) is 0 Å². The first-order valence-corrected chi connectivity index (χ1v) is 6.04. The molecule has 0 radical (unpaired) electrons. The van der Waals surface area contributed by atoms with Crippen molar-refractivity contribution in [1.29, 1.82) is 0 Å². The molecule has 1 atom stereocenters. The van der Waals surface area contributed by atoms with Gasteiger partial charge in [0.2, 0.25) is 0 Å². The summed E-state index contributed by atoms with van der Waals surface area (Å²) >= 11 is 2.10. The van der Waals surface area contributed by atoms with Crippen LogP contribution in [0.5, 0.6) is 0 Å². The van der Waals surface area contributed by atoms with Crippen molar-refractivity contribution in [3.8, 4) is 0 Å². The zero-order valence-electron chi connectivity index (χ0n) is 7.75. The van der Waals surface area contributed by atoms with Gasteiger partial charge in [-0.3, -0.25) is 4.90 Å². The highest BCUT2D eigenvalue weighted by molar-refractivity contribution is 7.99. The molecule has 2 saturated heterocycles. The molecule has 3 heteroatoms. The topological polar surface area (TPSA) is 15.3 Å². The van der Waals surface area contributed by atoms with E-state index in [0.717, 1.165) is 12.0 Å². The van der Waals surface area contributed by atoms with Gasteiger partial charge < -0.3 is 5.32 Å². The molecule has 12 heavy (non-hydrogen) atoms. The van der Waals surface area contributed by atoms with Gasteiger partial charge in [-0.05, 0) is 12.8 Å². The Balaban J connectivity index is 1.76. The molecule has 0 aromatic carbocycles. The van der Waals surface area contributed by atoms with Crippen molar-refractivity contribution in [2.45, 2.75) is 13.0 Å². The third-order valence-electron chi connectivity index (χ3n) is 2.86. The summed E-state index contributed by atoms with van der Waals surface area (Å²) in [5.41, 5.74) is 0. The number of hydrogen-bond donors (Lipinski definition) is 1. The molecule has 1 unspecified atom stereocenters. The van der Waals surface area contributed by atoms with Crippen LogP contribution in [0.1, 0.15) is 6.92 Å². The molecular weight excluding hydrogens is 168 g/mol. The van der Waals surface area contributed by atoms with Crippen LogP contribution in [-0.2, 0) is 0 Å². The van der Waals surface area contributed by atoms with Gasteiger partial charge in [-0.1, -0.05) is 0 Å². The fourth-order valence-electron chi connectivity index (χ4n) is 1.84. The quantitative estimate of drug-likeness (QED) is 0.681. The Morgan fingerprint density at radius 1 is 1.50 bits per heavy atom. The van der Waals surface area contributed by atoms with Crippen LogP contribution in [0.3, 0.4) is 0 Å². The summed E-state index contributed by atoms with van der Waals surface area (Å²) in [5.74, 6) is 3.61. The minimum Gasteiger partial charge on any atom is -0.316 e. The van der Waals surface area contributed by atoms with Crippen LogP contribution < -0.4 is 5.32 Å². The molecule has 1 N–H and O–H groups in total. The molecule has 0 bridgehead atoms. The lowest BCUT2D eigenvalue weighted by molar-refractivity contribution is 0.166. The molecule has 2 aliphatic rings. The highest BCUT2D eigenvalue weighted by atomic mass is 32.2. The van der Waals surface area contributed by atoms with Crippen LogP contribution in [0.25, 0.3) is 0 Å². The molecule has 0 saturated carbocycles. The van der Waals surface area contributed by atoms with Crippen molar-refractivity contribution < 1.29 is 0 Å². The van der Waals surface area contributed by atoms with E-state index in [9.17, 15) is 0 Å². The summed E-state index contributed by atoms with van der Waals surface area (Å²) in [5, 5.41) is 3.33. The second-order valence-electron chi connectivity index (χ2n) is 3.94. The fourth-order valence-corrected chi connectivity index (χ4v) is 2.92. The number of hydrogen-bond acceptors (Lipinski definition) is 3. The maximum Gasteiger partial charge on any atom is 0.0158 e. The normalized spacial score (nSPS) is 33.2. The number of nitrogens with zero attached hydrogens (tertiary/aromatic N) is 1. The third-order valence-corrected chi connectivity index (χ3v) is 4.05. The second-order valence-corrected chi connectivity index (χ2v) is 5.09. The SMILES string of the molecule is CC1CSCCN1CC1CNC1. The van der Waals surface area contributed by atoms with Crippen LogP contribution in [0.15, 0.2) is 0 Å². The van der Waals surface area contributed by atoms with Crippen molar-refractivity contribution >= 4 is 11.8 Å². The van der Waals surface area contributed by atoms with Gasteiger partial charge in [0.25, 0.3) is 0 Å². The summed E-state index contributed by atoms with van der Waals surface area (Å²) < 4.78 is 0. The van der Waals surface area contributed by atoms with Gasteiger partial charge >= 0.3 is 0 Å². The lowest BCUT2D eigenvalue weighted by Gasteiger charge is -2.38. The molecule has 0 spiro atoms. The molecule has 2 heterocycles. The number of thioether (sulfide) groups is 1. The summed E-state index contributed by atoms with van der Waals surface area (Å²) in [7, 11) is 0. The fraction of sp³-hybridized carbons (Fsp3) is 1.00. The molecule has 0 amide bonds. The zero-order chi connectivity index (χ0) is 8.39. The highest BCUT2D eigenvalue weighted by Gasteiger charge is 2.24. The second kappa shape index (κ2) is 3.99. The van der Waals surface area contributed by atoms with E-state index in [1.807, 2.05) is 0 Å². The molecule has 2 nitrogen and oxygen atoms in total. The zero-order valence-corrected chi connectivity index (χ0v) is 8.57. The first kappa shape index (κ1) is 8.85. The maximum atomic E-state index is 3.33. The van der Waals surface area contributed by atoms with Crippen LogP contribution in [0.2, 0.25) is 0 Å². The number of nitrogens with one attached hydrogen (secondary N) is 1. The molecule has 2 rings (SSSR count). The lowest BCUT2D eigenvalue weighted by Crippen LogP contribution is -2.52. The Labute approximate surface area is 79.1 Å². The van der Waals surface area contributed by atoms with Gasteiger partial charge in [0.05, 0.1) is 0 Å². The van der Waals surface area contributed by atoms with Gasteiger partial charge in [0.1, 0.15) is 0 Å². The number of rotatable bonds is 2. The standard InChI is InChI=1S/C9H18N2S/c1-8-7-12-3-2-11(8)6-9-4-10-5-9/h8-10H,2-7H2,1H3. The van der Waals surface area contributed by atoms with Gasteiger partial charge in [0.15, 0.2) is 0 Å².